The first-order valence-corrected chi connectivity index (χ1v) is 6.19. The fraction of sp³-hybridized carbons (Fsp3) is 0.833. The number of carbonyl (C=O) groups excluding carboxylic acids is 1. The molecule has 16 heavy (non-hydrogen) atoms. The largest absolute Gasteiger partial charge is 0.481 e. The van der Waals surface area contributed by atoms with Crippen molar-refractivity contribution in [2.45, 2.75) is 38.5 Å². The smallest absolute Gasteiger partial charge is 0.307 e. The Morgan fingerprint density at radius 1 is 1.06 bits per heavy atom. The summed E-state index contributed by atoms with van der Waals surface area (Å²) in [6.07, 6.45) is 5.69. The number of carboxylic acid groups (broad SMARTS) is 1. The molecule has 0 bridgehead atoms. The van der Waals surface area contributed by atoms with Gasteiger partial charge in [0.15, 0.2) is 0 Å². The molecule has 0 radical (unpaired) electrons. The van der Waals surface area contributed by atoms with Gasteiger partial charge in [0.05, 0.1) is 11.8 Å². The minimum Gasteiger partial charge on any atom is -0.481 e. The van der Waals surface area contributed by atoms with Gasteiger partial charge in [-0.3, -0.25) is 9.59 Å². The van der Waals surface area contributed by atoms with E-state index in [0.29, 0.717) is 12.3 Å². The summed E-state index contributed by atoms with van der Waals surface area (Å²) in [5.41, 5.74) is 0. The summed E-state index contributed by atoms with van der Waals surface area (Å²) in [7, 11) is 0. The van der Waals surface area contributed by atoms with Gasteiger partial charge in [0.1, 0.15) is 0 Å². The molecule has 0 spiro atoms. The van der Waals surface area contributed by atoms with Crippen LogP contribution in [0.5, 0.6) is 0 Å². The van der Waals surface area contributed by atoms with Gasteiger partial charge in [-0.25, -0.2) is 0 Å². The molecule has 90 valence electrons. The van der Waals surface area contributed by atoms with Gasteiger partial charge >= 0.3 is 5.97 Å². The number of carboxylic acids is 1. The average molecular weight is 225 g/mol. The Kier molecular flexibility index (Phi) is 3.46. The molecule has 2 saturated carbocycles. The lowest BCUT2D eigenvalue weighted by molar-refractivity contribution is -0.148. The van der Waals surface area contributed by atoms with Crippen LogP contribution in [0.3, 0.4) is 0 Å². The fourth-order valence-electron chi connectivity index (χ4n) is 2.44. The lowest BCUT2D eigenvalue weighted by Crippen LogP contribution is -2.40. The number of hydrogen-bond acceptors (Lipinski definition) is 2. The van der Waals surface area contributed by atoms with E-state index in [1.54, 1.807) is 0 Å². The molecule has 0 aromatic rings. The Morgan fingerprint density at radius 2 is 1.69 bits per heavy atom. The van der Waals surface area contributed by atoms with Crippen LogP contribution in [0.1, 0.15) is 38.5 Å². The predicted molar refractivity (Wildman–Crippen MR) is 58.8 cm³/mol. The van der Waals surface area contributed by atoms with Crippen LogP contribution in [0.2, 0.25) is 0 Å². The van der Waals surface area contributed by atoms with Gasteiger partial charge in [-0.05, 0) is 31.6 Å². The minimum absolute atomic E-state index is 0.0426. The van der Waals surface area contributed by atoms with Crippen LogP contribution < -0.4 is 5.32 Å². The second kappa shape index (κ2) is 4.85. The van der Waals surface area contributed by atoms with Crippen LogP contribution in [0, 0.1) is 17.8 Å². The van der Waals surface area contributed by atoms with Gasteiger partial charge in [-0.15, -0.1) is 0 Å². The van der Waals surface area contributed by atoms with Gasteiger partial charge in [0.25, 0.3) is 0 Å². The summed E-state index contributed by atoms with van der Waals surface area (Å²) >= 11 is 0. The standard InChI is InChI=1S/C12H19NO3/c14-11(13-7-8-5-6-8)9-3-1-2-4-10(9)12(15)16/h8-10H,1-7H2,(H,13,14)(H,15,16). The van der Waals surface area contributed by atoms with Crippen molar-refractivity contribution in [2.75, 3.05) is 6.54 Å². The molecule has 0 heterocycles. The number of hydrogen-bond donors (Lipinski definition) is 2. The summed E-state index contributed by atoms with van der Waals surface area (Å²) < 4.78 is 0. The van der Waals surface area contributed by atoms with E-state index < -0.39 is 11.9 Å². The summed E-state index contributed by atoms with van der Waals surface area (Å²) in [5.74, 6) is -0.973. The van der Waals surface area contributed by atoms with E-state index in [4.69, 9.17) is 5.11 Å². The second-order valence-corrected chi connectivity index (χ2v) is 5.02. The first kappa shape index (κ1) is 11.4. The highest BCUT2D eigenvalue weighted by Crippen LogP contribution is 2.31. The Balaban J connectivity index is 1.87. The Hall–Kier alpha value is -1.06. The number of carbonyl (C=O) groups is 2. The summed E-state index contributed by atoms with van der Waals surface area (Å²) in [5, 5.41) is 12.0. The van der Waals surface area contributed by atoms with E-state index in [2.05, 4.69) is 5.32 Å². The van der Waals surface area contributed by atoms with E-state index in [0.717, 1.165) is 25.8 Å². The topological polar surface area (TPSA) is 66.4 Å². The maximum atomic E-state index is 11.9. The third-order valence-electron chi connectivity index (χ3n) is 3.68. The molecule has 2 rings (SSSR count). The third kappa shape index (κ3) is 2.74. The molecule has 1 amide bonds. The minimum atomic E-state index is -0.814. The van der Waals surface area contributed by atoms with Crippen LogP contribution in [0.4, 0.5) is 0 Å². The zero-order valence-corrected chi connectivity index (χ0v) is 9.45. The maximum Gasteiger partial charge on any atom is 0.307 e. The maximum absolute atomic E-state index is 11.9. The number of amides is 1. The summed E-state index contributed by atoms with van der Waals surface area (Å²) in [6.45, 7) is 0.738. The molecule has 0 saturated heterocycles. The molecule has 0 aromatic heterocycles. The molecule has 4 heteroatoms. The van der Waals surface area contributed by atoms with Gasteiger partial charge in [0.2, 0.25) is 5.91 Å². The van der Waals surface area contributed by atoms with Crippen LogP contribution >= 0.6 is 0 Å². The highest BCUT2D eigenvalue weighted by atomic mass is 16.4. The first-order chi connectivity index (χ1) is 7.68. The third-order valence-corrected chi connectivity index (χ3v) is 3.68. The molecule has 2 N–H and O–H groups in total. The molecular formula is C12H19NO3. The molecule has 2 aliphatic carbocycles. The van der Waals surface area contributed by atoms with Gasteiger partial charge in [-0.2, -0.15) is 0 Å². The van der Waals surface area contributed by atoms with Crippen molar-refractivity contribution in [1.82, 2.24) is 5.32 Å². The van der Waals surface area contributed by atoms with Crippen molar-refractivity contribution in [2.24, 2.45) is 17.8 Å². The van der Waals surface area contributed by atoms with Crippen LogP contribution in [0.15, 0.2) is 0 Å². The van der Waals surface area contributed by atoms with E-state index in [-0.39, 0.29) is 11.8 Å². The van der Waals surface area contributed by atoms with Gasteiger partial charge < -0.3 is 10.4 Å². The predicted octanol–water partition coefficient (Wildman–Crippen LogP) is 1.40. The molecular weight excluding hydrogens is 206 g/mol. The molecule has 0 aromatic carbocycles. The normalized spacial score (nSPS) is 29.8. The van der Waals surface area contributed by atoms with Crippen molar-refractivity contribution in [1.29, 1.82) is 0 Å². The zero-order valence-electron chi connectivity index (χ0n) is 9.45. The highest BCUT2D eigenvalue weighted by molar-refractivity contribution is 5.84. The summed E-state index contributed by atoms with van der Waals surface area (Å²) in [4.78, 5) is 22.9. The molecule has 2 unspecified atom stereocenters. The lowest BCUT2D eigenvalue weighted by Gasteiger charge is -2.27. The number of aliphatic carboxylic acids is 1. The highest BCUT2D eigenvalue weighted by Gasteiger charge is 2.36. The summed E-state index contributed by atoms with van der Waals surface area (Å²) in [6, 6.07) is 0. The SMILES string of the molecule is O=C(O)C1CCCCC1C(=O)NCC1CC1. The van der Waals surface area contributed by atoms with Crippen molar-refractivity contribution < 1.29 is 14.7 Å². The van der Waals surface area contributed by atoms with Crippen LogP contribution in [-0.4, -0.2) is 23.5 Å². The second-order valence-electron chi connectivity index (χ2n) is 5.02. The van der Waals surface area contributed by atoms with Crippen molar-refractivity contribution >= 4 is 11.9 Å². The molecule has 0 aliphatic heterocycles. The molecule has 2 fully saturated rings. The van der Waals surface area contributed by atoms with E-state index in [9.17, 15) is 9.59 Å². The van der Waals surface area contributed by atoms with E-state index in [1.807, 2.05) is 0 Å². The quantitative estimate of drug-likeness (QED) is 0.760. The Bertz CT molecular complexity index is 286. The lowest BCUT2D eigenvalue weighted by atomic mass is 9.78. The van der Waals surface area contributed by atoms with E-state index >= 15 is 0 Å². The van der Waals surface area contributed by atoms with Gasteiger partial charge in [-0.1, -0.05) is 12.8 Å². The van der Waals surface area contributed by atoms with Crippen molar-refractivity contribution in [3.05, 3.63) is 0 Å². The Labute approximate surface area is 95.4 Å². The fourth-order valence-corrected chi connectivity index (χ4v) is 2.44. The first-order valence-electron chi connectivity index (χ1n) is 6.19. The molecule has 2 atom stereocenters. The number of rotatable bonds is 4. The van der Waals surface area contributed by atoms with Gasteiger partial charge in [0, 0.05) is 6.54 Å². The van der Waals surface area contributed by atoms with Crippen molar-refractivity contribution in [3.8, 4) is 0 Å². The average Bonchev–Trinajstić information content (AvgIpc) is 3.09. The van der Waals surface area contributed by atoms with Crippen LogP contribution in [0.25, 0.3) is 0 Å². The molecule has 2 aliphatic rings. The zero-order chi connectivity index (χ0) is 11.5. The monoisotopic (exact) mass is 225 g/mol. The number of nitrogens with one attached hydrogen (secondary N) is 1. The van der Waals surface area contributed by atoms with Crippen LogP contribution in [-0.2, 0) is 9.59 Å². The molecule has 4 nitrogen and oxygen atoms in total. The van der Waals surface area contributed by atoms with E-state index in [1.165, 1.54) is 12.8 Å². The van der Waals surface area contributed by atoms with Crippen molar-refractivity contribution in [3.63, 3.8) is 0 Å². The Morgan fingerprint density at radius 3 is 2.25 bits per heavy atom.